The molecule has 3 aromatic rings. The number of hydrogen-bond acceptors (Lipinski definition) is 4. The lowest BCUT2D eigenvalue weighted by atomic mass is 10.1. The van der Waals surface area contributed by atoms with E-state index in [0.29, 0.717) is 13.2 Å². The number of fused-ring (bicyclic) bond motifs is 1. The van der Waals surface area contributed by atoms with Gasteiger partial charge in [-0.2, -0.15) is 0 Å². The number of hydrogen-bond donors (Lipinski definition) is 2. The summed E-state index contributed by atoms with van der Waals surface area (Å²) in [6.45, 7) is 8.91. The van der Waals surface area contributed by atoms with Crippen LogP contribution in [0.2, 0.25) is 0 Å². The van der Waals surface area contributed by atoms with Crippen LogP contribution in [0, 0.1) is 6.92 Å². The molecule has 1 aromatic carbocycles. The highest BCUT2D eigenvalue weighted by Crippen LogP contribution is 2.28. The highest BCUT2D eigenvalue weighted by molar-refractivity contribution is 14.0. The molecule has 0 radical (unpaired) electrons. The van der Waals surface area contributed by atoms with E-state index in [9.17, 15) is 0 Å². The van der Waals surface area contributed by atoms with Gasteiger partial charge in [0.15, 0.2) is 17.5 Å². The van der Waals surface area contributed by atoms with Gasteiger partial charge in [-0.15, -0.1) is 24.0 Å². The summed E-state index contributed by atoms with van der Waals surface area (Å²) in [4.78, 5) is 9.35. The highest BCUT2D eigenvalue weighted by atomic mass is 127. The van der Waals surface area contributed by atoms with Crippen LogP contribution in [0.4, 0.5) is 0 Å². The molecule has 0 saturated heterocycles. The molecule has 0 aliphatic rings. The van der Waals surface area contributed by atoms with Gasteiger partial charge in [-0.05, 0) is 63.4 Å². The molecule has 2 N–H and O–H groups in total. The summed E-state index contributed by atoms with van der Waals surface area (Å²) >= 11 is 0. The molecular weight excluding hydrogens is 517 g/mol. The van der Waals surface area contributed by atoms with Crippen LogP contribution in [0.1, 0.15) is 37.2 Å². The summed E-state index contributed by atoms with van der Waals surface area (Å²) in [7, 11) is 1.66. The number of benzene rings is 1. The van der Waals surface area contributed by atoms with Crippen LogP contribution in [0.5, 0.6) is 11.5 Å². The molecular formula is C24H34IN5O2. The second-order valence-corrected chi connectivity index (χ2v) is 7.27. The summed E-state index contributed by atoms with van der Waals surface area (Å²) in [6.07, 6.45) is 3.98. The number of imidazole rings is 1. The van der Waals surface area contributed by atoms with Gasteiger partial charge in [0.25, 0.3) is 0 Å². The lowest BCUT2D eigenvalue weighted by Crippen LogP contribution is -2.37. The van der Waals surface area contributed by atoms with Gasteiger partial charge in [0.1, 0.15) is 5.65 Å². The number of aryl methyl sites for hydroxylation is 2. The Bertz CT molecular complexity index is 1020. The highest BCUT2D eigenvalue weighted by Gasteiger charge is 2.06. The number of aliphatic imine (C=N–C) groups is 1. The number of pyridine rings is 1. The summed E-state index contributed by atoms with van der Waals surface area (Å²) in [6, 6.07) is 12.2. The summed E-state index contributed by atoms with van der Waals surface area (Å²) < 4.78 is 13.1. The van der Waals surface area contributed by atoms with Crippen molar-refractivity contribution in [3.63, 3.8) is 0 Å². The molecule has 32 heavy (non-hydrogen) atoms. The first-order valence-corrected chi connectivity index (χ1v) is 10.9. The molecule has 0 aliphatic carbocycles. The van der Waals surface area contributed by atoms with E-state index in [1.54, 1.807) is 7.11 Å². The van der Waals surface area contributed by atoms with E-state index in [-0.39, 0.29) is 24.0 Å². The molecule has 0 spiro atoms. The van der Waals surface area contributed by atoms with Gasteiger partial charge in [-0.25, -0.2) is 9.98 Å². The number of rotatable bonds is 10. The zero-order valence-corrected chi connectivity index (χ0v) is 21.7. The van der Waals surface area contributed by atoms with E-state index in [2.05, 4.69) is 58.3 Å². The largest absolute Gasteiger partial charge is 0.493 e. The molecule has 7 nitrogen and oxygen atoms in total. The molecule has 0 amide bonds. The fraction of sp³-hybridized carbons (Fsp3) is 0.417. The lowest BCUT2D eigenvalue weighted by Gasteiger charge is -2.12. The third-order valence-electron chi connectivity index (χ3n) is 4.95. The van der Waals surface area contributed by atoms with Gasteiger partial charge in [-0.3, -0.25) is 0 Å². The minimum atomic E-state index is 0. The number of nitrogens with zero attached hydrogens (tertiary/aromatic N) is 3. The van der Waals surface area contributed by atoms with Gasteiger partial charge < -0.3 is 24.5 Å². The molecule has 3 rings (SSSR count). The van der Waals surface area contributed by atoms with E-state index >= 15 is 0 Å². The summed E-state index contributed by atoms with van der Waals surface area (Å²) in [5, 5.41) is 6.72. The third kappa shape index (κ3) is 7.01. The second kappa shape index (κ2) is 13.1. The SMILES string of the molecule is CCNC(=NCc1cn2c(C)cccc2n1)NCCCc1ccc(OC)c(OCC)c1.I. The fourth-order valence-electron chi connectivity index (χ4n) is 3.42. The average molecular weight is 551 g/mol. The first kappa shape index (κ1) is 25.8. The number of guanidine groups is 1. The lowest BCUT2D eigenvalue weighted by molar-refractivity contribution is 0.310. The normalized spacial score (nSPS) is 11.2. The molecule has 2 aromatic heterocycles. The zero-order valence-electron chi connectivity index (χ0n) is 19.4. The maximum absolute atomic E-state index is 5.67. The van der Waals surface area contributed by atoms with Crippen molar-refractivity contribution in [1.82, 2.24) is 20.0 Å². The standard InChI is InChI=1S/C24H33N5O2.HI/c1-5-25-24(27-16-20-17-29-18(3)9-7-11-23(29)28-20)26-14-8-10-19-12-13-21(30-4)22(15-19)31-6-2;/h7,9,11-13,15,17H,5-6,8,10,14,16H2,1-4H3,(H2,25,26,27);1H. The van der Waals surface area contributed by atoms with Gasteiger partial charge >= 0.3 is 0 Å². The molecule has 0 aliphatic heterocycles. The maximum Gasteiger partial charge on any atom is 0.191 e. The Morgan fingerprint density at radius 1 is 1.12 bits per heavy atom. The molecule has 8 heteroatoms. The molecule has 0 bridgehead atoms. The first-order chi connectivity index (χ1) is 15.1. The number of nitrogens with one attached hydrogen (secondary N) is 2. The quantitative estimate of drug-likeness (QED) is 0.170. The number of ether oxygens (including phenoxy) is 2. The number of halogens is 1. The Morgan fingerprint density at radius 2 is 1.97 bits per heavy atom. The van der Waals surface area contributed by atoms with Crippen molar-refractivity contribution in [2.24, 2.45) is 4.99 Å². The van der Waals surface area contributed by atoms with Crippen molar-refractivity contribution in [3.8, 4) is 11.5 Å². The van der Waals surface area contributed by atoms with Crippen molar-refractivity contribution in [2.75, 3.05) is 26.8 Å². The monoisotopic (exact) mass is 551 g/mol. The van der Waals surface area contributed by atoms with Crippen molar-refractivity contribution in [3.05, 3.63) is 59.5 Å². The molecule has 174 valence electrons. The van der Waals surface area contributed by atoms with E-state index in [4.69, 9.17) is 14.5 Å². The van der Waals surface area contributed by atoms with Gasteiger partial charge in [0, 0.05) is 25.0 Å². The molecule has 0 unspecified atom stereocenters. The van der Waals surface area contributed by atoms with Crippen molar-refractivity contribution >= 4 is 35.6 Å². The van der Waals surface area contributed by atoms with Crippen molar-refractivity contribution in [2.45, 2.75) is 40.2 Å². The van der Waals surface area contributed by atoms with E-state index in [0.717, 1.165) is 60.4 Å². The zero-order chi connectivity index (χ0) is 22.1. The summed E-state index contributed by atoms with van der Waals surface area (Å²) in [5.41, 5.74) is 4.30. The number of aromatic nitrogens is 2. The molecule has 2 heterocycles. The van der Waals surface area contributed by atoms with Crippen molar-refractivity contribution in [1.29, 1.82) is 0 Å². The second-order valence-electron chi connectivity index (χ2n) is 7.27. The minimum Gasteiger partial charge on any atom is -0.493 e. The Kier molecular flexibility index (Phi) is 10.6. The van der Waals surface area contributed by atoms with Crippen LogP contribution in [-0.2, 0) is 13.0 Å². The Balaban J connectivity index is 0.00000363. The Labute approximate surface area is 207 Å². The molecule has 0 fully saturated rings. The van der Waals surface area contributed by atoms with E-state index < -0.39 is 0 Å². The van der Waals surface area contributed by atoms with Crippen molar-refractivity contribution < 1.29 is 9.47 Å². The van der Waals surface area contributed by atoms with Crippen LogP contribution in [0.3, 0.4) is 0 Å². The number of methoxy groups -OCH3 is 1. The van der Waals surface area contributed by atoms with Crippen LogP contribution in [-0.4, -0.2) is 42.2 Å². The van der Waals surface area contributed by atoms with Gasteiger partial charge in [0.05, 0.1) is 26.0 Å². The van der Waals surface area contributed by atoms with Crippen LogP contribution in [0.25, 0.3) is 5.65 Å². The van der Waals surface area contributed by atoms with E-state index in [1.165, 1.54) is 5.56 Å². The smallest absolute Gasteiger partial charge is 0.191 e. The third-order valence-corrected chi connectivity index (χ3v) is 4.95. The van der Waals surface area contributed by atoms with E-state index in [1.807, 2.05) is 25.1 Å². The predicted molar refractivity (Wildman–Crippen MR) is 141 cm³/mol. The van der Waals surface area contributed by atoms with Crippen LogP contribution in [0.15, 0.2) is 47.6 Å². The fourth-order valence-corrected chi connectivity index (χ4v) is 3.42. The van der Waals surface area contributed by atoms with Gasteiger partial charge in [0.2, 0.25) is 0 Å². The van der Waals surface area contributed by atoms with Crippen LogP contribution >= 0.6 is 24.0 Å². The maximum atomic E-state index is 5.67. The van der Waals surface area contributed by atoms with Crippen LogP contribution < -0.4 is 20.1 Å². The topological polar surface area (TPSA) is 72.2 Å². The predicted octanol–water partition coefficient (Wildman–Crippen LogP) is 4.36. The average Bonchev–Trinajstić information content (AvgIpc) is 3.20. The minimum absolute atomic E-state index is 0. The summed E-state index contributed by atoms with van der Waals surface area (Å²) in [5.74, 6) is 2.38. The Hall–Kier alpha value is -2.49. The molecule has 0 atom stereocenters. The first-order valence-electron chi connectivity index (χ1n) is 10.9. The Morgan fingerprint density at radius 3 is 2.69 bits per heavy atom. The molecule has 0 saturated carbocycles. The van der Waals surface area contributed by atoms with Gasteiger partial charge in [-0.1, -0.05) is 12.1 Å².